The molecule has 2 aromatic carbocycles. The maximum Gasteiger partial charge on any atom is 0.338 e. The van der Waals surface area contributed by atoms with Crippen LogP contribution in [0, 0.1) is 17.8 Å². The molecule has 296 valence electrons. The van der Waals surface area contributed by atoms with Crippen molar-refractivity contribution in [2.75, 3.05) is 6.61 Å². The summed E-state index contributed by atoms with van der Waals surface area (Å²) < 4.78 is 26.7. The van der Waals surface area contributed by atoms with Crippen LogP contribution in [0.25, 0.3) is 11.1 Å². The molecular formula is C45H70O7Si. The van der Waals surface area contributed by atoms with Crippen LogP contribution in [0.2, 0.25) is 18.1 Å². The van der Waals surface area contributed by atoms with E-state index in [4.69, 9.17) is 23.7 Å². The van der Waals surface area contributed by atoms with E-state index in [0.717, 1.165) is 81.9 Å². The molecule has 8 heteroatoms. The maximum atomic E-state index is 13.8. The van der Waals surface area contributed by atoms with Crippen molar-refractivity contribution >= 4 is 20.3 Å². The second-order valence-corrected chi connectivity index (χ2v) is 22.1. The van der Waals surface area contributed by atoms with Crippen molar-refractivity contribution in [1.29, 1.82) is 0 Å². The molecule has 0 radical (unpaired) electrons. The van der Waals surface area contributed by atoms with E-state index in [1.165, 1.54) is 12.8 Å². The summed E-state index contributed by atoms with van der Waals surface area (Å²) in [5, 5.41) is 9.27. The average molecular weight is 751 g/mol. The maximum absolute atomic E-state index is 13.8. The summed E-state index contributed by atoms with van der Waals surface area (Å²) in [5.74, 6) is -0.248. The molecule has 2 aliphatic rings. The van der Waals surface area contributed by atoms with Crippen molar-refractivity contribution in [2.45, 2.75) is 174 Å². The second kappa shape index (κ2) is 21.0. The summed E-state index contributed by atoms with van der Waals surface area (Å²) in [4.78, 5) is 25.0. The lowest BCUT2D eigenvalue weighted by Gasteiger charge is -2.41. The zero-order chi connectivity index (χ0) is 38.4. The van der Waals surface area contributed by atoms with E-state index in [9.17, 15) is 9.59 Å². The lowest BCUT2D eigenvalue weighted by atomic mass is 9.83. The number of carbonyl (C=O) groups is 2. The summed E-state index contributed by atoms with van der Waals surface area (Å²) >= 11 is 0. The fourth-order valence-electron chi connectivity index (χ4n) is 7.96. The number of carboxylic acid groups (broad SMARTS) is 1. The van der Waals surface area contributed by atoms with Gasteiger partial charge in [0.05, 0.1) is 11.7 Å². The van der Waals surface area contributed by atoms with Gasteiger partial charge in [0.25, 0.3) is 0 Å². The van der Waals surface area contributed by atoms with Gasteiger partial charge in [-0.1, -0.05) is 109 Å². The van der Waals surface area contributed by atoms with Crippen molar-refractivity contribution in [1.82, 2.24) is 0 Å². The predicted molar refractivity (Wildman–Crippen MR) is 216 cm³/mol. The number of benzene rings is 2. The highest BCUT2D eigenvalue weighted by molar-refractivity contribution is 6.74. The van der Waals surface area contributed by atoms with Crippen LogP contribution >= 0.6 is 0 Å². The van der Waals surface area contributed by atoms with Gasteiger partial charge in [-0.15, -0.1) is 0 Å². The van der Waals surface area contributed by atoms with Gasteiger partial charge in [0, 0.05) is 31.5 Å². The van der Waals surface area contributed by atoms with Crippen LogP contribution in [0.5, 0.6) is 0 Å². The number of aliphatic carboxylic acids is 1. The molecule has 2 fully saturated rings. The van der Waals surface area contributed by atoms with Crippen LogP contribution in [-0.4, -0.2) is 56.6 Å². The van der Waals surface area contributed by atoms with E-state index >= 15 is 0 Å². The number of ether oxygens (including phenoxy) is 3. The van der Waals surface area contributed by atoms with Gasteiger partial charge >= 0.3 is 11.9 Å². The minimum absolute atomic E-state index is 0.0761. The number of hydrogen-bond donors (Lipinski definition) is 1. The minimum atomic E-state index is -2.02. The number of unbranched alkanes of at least 4 members (excludes halogenated alkanes) is 4. The van der Waals surface area contributed by atoms with Gasteiger partial charge in [0.1, 0.15) is 6.10 Å². The first kappa shape index (κ1) is 43.2. The van der Waals surface area contributed by atoms with Gasteiger partial charge in [-0.05, 0) is 105 Å². The molecule has 7 atom stereocenters. The van der Waals surface area contributed by atoms with E-state index in [2.05, 4.69) is 59.8 Å². The molecule has 1 aliphatic heterocycles. The van der Waals surface area contributed by atoms with Crippen molar-refractivity contribution in [2.24, 2.45) is 17.8 Å². The Morgan fingerprint density at radius 3 is 2.19 bits per heavy atom. The highest BCUT2D eigenvalue weighted by atomic mass is 28.4. The number of esters is 1. The first-order chi connectivity index (χ1) is 25.3. The number of carboxylic acids is 1. The van der Waals surface area contributed by atoms with E-state index < -0.39 is 14.3 Å². The van der Waals surface area contributed by atoms with Crippen molar-refractivity contribution in [3.63, 3.8) is 0 Å². The standard InChI is InChI=1S/C45H70O7Si/c1-8-9-19-33(2)39(52-53(6,7)45(3,4)5)30-29-38-37(22-15-10-11-16-23-42(46)47)41(32-40(38)50-43-24-17-18-31-49-43)51-44(48)36-27-25-35(26-28-36)34-20-13-12-14-21-34/h12-14,20-21,25-28,33,37-41,43H,8-11,15-19,22-24,29-32H2,1-7H3,(H,46,47)/t33?,37-,38-,39+,40?,41+,43?/m1/s1. The molecule has 1 N–H and O–H groups in total. The Balaban J connectivity index is 1.57. The fraction of sp³-hybridized carbons (Fsp3) is 0.689. The zero-order valence-corrected chi connectivity index (χ0v) is 34.9. The summed E-state index contributed by atoms with van der Waals surface area (Å²) in [6.45, 7) is 17.0. The molecule has 53 heavy (non-hydrogen) atoms. The first-order valence-electron chi connectivity index (χ1n) is 20.8. The topological polar surface area (TPSA) is 91.3 Å². The molecule has 0 bridgehead atoms. The molecule has 1 saturated carbocycles. The van der Waals surface area contributed by atoms with Crippen LogP contribution in [0.3, 0.4) is 0 Å². The molecular weight excluding hydrogens is 681 g/mol. The van der Waals surface area contributed by atoms with Crippen molar-refractivity contribution < 1.29 is 33.3 Å². The summed E-state index contributed by atoms with van der Waals surface area (Å²) in [7, 11) is -2.02. The third-order valence-electron chi connectivity index (χ3n) is 12.3. The number of rotatable bonds is 21. The zero-order valence-electron chi connectivity index (χ0n) is 33.9. The Morgan fingerprint density at radius 1 is 0.868 bits per heavy atom. The lowest BCUT2D eigenvalue weighted by Crippen LogP contribution is -2.45. The van der Waals surface area contributed by atoms with Gasteiger partial charge in [0.2, 0.25) is 0 Å². The monoisotopic (exact) mass is 750 g/mol. The molecule has 1 aliphatic carbocycles. The largest absolute Gasteiger partial charge is 0.481 e. The Labute approximate surface area is 322 Å². The van der Waals surface area contributed by atoms with E-state index in [1.807, 2.05) is 42.5 Å². The van der Waals surface area contributed by atoms with Crippen LogP contribution in [0.4, 0.5) is 0 Å². The van der Waals surface area contributed by atoms with Crippen LogP contribution in [-0.2, 0) is 23.4 Å². The quantitative estimate of drug-likeness (QED) is 0.0771. The number of hydrogen-bond acceptors (Lipinski definition) is 6. The normalized spacial score (nSPS) is 23.4. The highest BCUT2D eigenvalue weighted by Gasteiger charge is 2.47. The summed E-state index contributed by atoms with van der Waals surface area (Å²) in [5.41, 5.74) is 2.73. The van der Waals surface area contributed by atoms with E-state index in [1.54, 1.807) is 0 Å². The van der Waals surface area contributed by atoms with Crippen molar-refractivity contribution in [3.8, 4) is 11.1 Å². The van der Waals surface area contributed by atoms with Gasteiger partial charge in [0.15, 0.2) is 14.6 Å². The third-order valence-corrected chi connectivity index (χ3v) is 16.8. The average Bonchev–Trinajstić information content (AvgIpc) is 3.44. The molecule has 3 unspecified atom stereocenters. The van der Waals surface area contributed by atoms with Crippen molar-refractivity contribution in [3.05, 3.63) is 60.2 Å². The molecule has 0 amide bonds. The SMILES string of the molecule is CCCCC(C)[C@H](CC[C@H]1C(OC2CCCCO2)C[C@H](OC(=O)c2ccc(-c3ccccc3)cc2)[C@@H]1CCCCCCC(=O)O)O[Si](C)(C)C(C)(C)C. The molecule has 2 aromatic rings. The van der Waals surface area contributed by atoms with Gasteiger partial charge in [-0.25, -0.2) is 4.79 Å². The molecule has 4 rings (SSSR count). The molecule has 7 nitrogen and oxygen atoms in total. The Hall–Kier alpha value is -2.52. The van der Waals surface area contributed by atoms with Gasteiger partial charge < -0.3 is 23.7 Å². The Morgan fingerprint density at radius 2 is 1.55 bits per heavy atom. The second-order valence-electron chi connectivity index (χ2n) is 17.4. The molecule has 1 saturated heterocycles. The van der Waals surface area contributed by atoms with Gasteiger partial charge in [-0.3, -0.25) is 4.79 Å². The predicted octanol–water partition coefficient (Wildman–Crippen LogP) is 11.8. The van der Waals surface area contributed by atoms with E-state index in [-0.39, 0.29) is 53.9 Å². The smallest absolute Gasteiger partial charge is 0.338 e. The molecule has 0 aromatic heterocycles. The molecule has 1 heterocycles. The first-order valence-corrected chi connectivity index (χ1v) is 23.7. The number of carbonyl (C=O) groups excluding carboxylic acids is 1. The fourth-order valence-corrected chi connectivity index (χ4v) is 9.42. The van der Waals surface area contributed by atoms with E-state index in [0.29, 0.717) is 24.3 Å². The Kier molecular flexibility index (Phi) is 17.1. The van der Waals surface area contributed by atoms with Crippen LogP contribution < -0.4 is 0 Å². The lowest BCUT2D eigenvalue weighted by molar-refractivity contribution is -0.196. The highest BCUT2D eigenvalue weighted by Crippen LogP contribution is 2.45. The van der Waals surface area contributed by atoms with Crippen LogP contribution in [0.1, 0.15) is 141 Å². The minimum Gasteiger partial charge on any atom is -0.481 e. The van der Waals surface area contributed by atoms with Crippen LogP contribution in [0.15, 0.2) is 54.6 Å². The summed E-state index contributed by atoms with van der Waals surface area (Å²) in [6, 6.07) is 17.9. The van der Waals surface area contributed by atoms with Gasteiger partial charge in [-0.2, -0.15) is 0 Å². The summed E-state index contributed by atoms with van der Waals surface area (Å²) in [6.07, 6.45) is 13.3. The molecule has 0 spiro atoms. The third kappa shape index (κ3) is 13.3. The Bertz CT molecular complexity index is 1370.